The molecule has 26 heavy (non-hydrogen) atoms. The molecular formula is C17H22F3N5O. The average Bonchev–Trinajstić information content (AvgIpc) is 3.46. The standard InChI is InChI=1S/C17H22F3N5O/c1-10(12-3-4-12)21-14-23-13(5-6-16(9-26)7-8-16)24-15(25-14)22-11(2)17(18,19)20/h10-12,26H,3-4,7-9H2,1-2H3,(H2,21,22,23,24,25)/t10-,11?/m1/s1. The first-order chi connectivity index (χ1) is 12.2. The van der Waals surface area contributed by atoms with Crippen LogP contribution in [0.3, 0.4) is 0 Å². The summed E-state index contributed by atoms with van der Waals surface area (Å²) in [4.78, 5) is 12.3. The molecule has 1 unspecified atom stereocenters. The highest BCUT2D eigenvalue weighted by Crippen LogP contribution is 2.44. The van der Waals surface area contributed by atoms with E-state index in [-0.39, 0.29) is 30.4 Å². The molecule has 2 atom stereocenters. The minimum Gasteiger partial charge on any atom is -0.395 e. The fourth-order valence-corrected chi connectivity index (χ4v) is 2.42. The first-order valence-corrected chi connectivity index (χ1v) is 8.71. The zero-order valence-electron chi connectivity index (χ0n) is 14.7. The Bertz CT molecular complexity index is 719. The van der Waals surface area contributed by atoms with E-state index in [9.17, 15) is 18.3 Å². The van der Waals surface area contributed by atoms with E-state index in [1.807, 2.05) is 6.92 Å². The van der Waals surface area contributed by atoms with Gasteiger partial charge in [-0.1, -0.05) is 5.92 Å². The molecule has 1 heterocycles. The maximum atomic E-state index is 12.8. The minimum atomic E-state index is -4.41. The van der Waals surface area contributed by atoms with Crippen molar-refractivity contribution in [3.63, 3.8) is 0 Å². The summed E-state index contributed by atoms with van der Waals surface area (Å²) >= 11 is 0. The topological polar surface area (TPSA) is 83.0 Å². The molecule has 0 radical (unpaired) electrons. The average molecular weight is 369 g/mol. The Morgan fingerprint density at radius 2 is 1.77 bits per heavy atom. The molecule has 6 nitrogen and oxygen atoms in total. The van der Waals surface area contributed by atoms with Crippen LogP contribution in [0, 0.1) is 23.2 Å². The summed E-state index contributed by atoms with van der Waals surface area (Å²) in [6, 6.07) is -1.68. The Morgan fingerprint density at radius 3 is 2.27 bits per heavy atom. The summed E-state index contributed by atoms with van der Waals surface area (Å²) in [5.41, 5.74) is -0.422. The number of aliphatic hydroxyl groups is 1. The summed E-state index contributed by atoms with van der Waals surface area (Å²) in [6.45, 7) is 2.94. The predicted octanol–water partition coefficient (Wildman–Crippen LogP) is 2.57. The van der Waals surface area contributed by atoms with E-state index in [1.54, 1.807) is 0 Å². The Labute approximate surface area is 150 Å². The Kier molecular flexibility index (Phi) is 4.97. The van der Waals surface area contributed by atoms with Gasteiger partial charge in [0.05, 0.1) is 12.0 Å². The lowest BCUT2D eigenvalue weighted by Crippen LogP contribution is -2.34. The first kappa shape index (κ1) is 18.7. The molecule has 1 aromatic heterocycles. The number of alkyl halides is 3. The number of rotatable bonds is 6. The van der Waals surface area contributed by atoms with Gasteiger partial charge >= 0.3 is 6.18 Å². The van der Waals surface area contributed by atoms with Crippen LogP contribution in [0.2, 0.25) is 0 Å². The molecule has 0 bridgehead atoms. The monoisotopic (exact) mass is 369 g/mol. The molecule has 2 fully saturated rings. The SMILES string of the molecule is CC(Nc1nc(C#CC2(CO)CC2)nc(N[C@H](C)C2CC2)n1)C(F)(F)F. The van der Waals surface area contributed by atoms with E-state index >= 15 is 0 Å². The van der Waals surface area contributed by atoms with Gasteiger partial charge in [-0.2, -0.15) is 28.1 Å². The number of aromatic nitrogens is 3. The maximum absolute atomic E-state index is 12.8. The molecule has 0 saturated heterocycles. The minimum absolute atomic E-state index is 0.0505. The summed E-state index contributed by atoms with van der Waals surface area (Å²) in [5, 5.41) is 14.7. The van der Waals surface area contributed by atoms with Crippen molar-refractivity contribution in [1.29, 1.82) is 0 Å². The number of nitrogens with one attached hydrogen (secondary N) is 2. The van der Waals surface area contributed by atoms with Gasteiger partial charge < -0.3 is 15.7 Å². The Balaban J connectivity index is 1.83. The second-order valence-electron chi connectivity index (χ2n) is 7.17. The lowest BCUT2D eigenvalue weighted by atomic mass is 10.1. The lowest BCUT2D eigenvalue weighted by Gasteiger charge is -2.18. The summed E-state index contributed by atoms with van der Waals surface area (Å²) in [6.07, 6.45) is -0.603. The van der Waals surface area contributed by atoms with Crippen LogP contribution in [-0.4, -0.2) is 44.9 Å². The lowest BCUT2D eigenvalue weighted by molar-refractivity contribution is -0.138. The third-order valence-corrected chi connectivity index (χ3v) is 4.75. The molecular weight excluding hydrogens is 347 g/mol. The number of anilines is 2. The van der Waals surface area contributed by atoms with Crippen molar-refractivity contribution in [1.82, 2.24) is 15.0 Å². The Morgan fingerprint density at radius 1 is 1.15 bits per heavy atom. The van der Waals surface area contributed by atoms with Gasteiger partial charge in [-0.25, -0.2) is 0 Å². The zero-order valence-corrected chi connectivity index (χ0v) is 14.7. The molecule has 0 spiro atoms. The number of nitrogens with zero attached hydrogens (tertiary/aromatic N) is 3. The van der Waals surface area contributed by atoms with Gasteiger partial charge in [-0.3, -0.25) is 0 Å². The fourth-order valence-electron chi connectivity index (χ4n) is 2.42. The fraction of sp³-hybridized carbons (Fsp3) is 0.706. The molecule has 2 saturated carbocycles. The van der Waals surface area contributed by atoms with E-state index in [1.165, 1.54) is 0 Å². The number of hydrogen-bond acceptors (Lipinski definition) is 6. The molecule has 0 aromatic carbocycles. The number of aliphatic hydroxyl groups excluding tert-OH is 1. The van der Waals surface area contributed by atoms with Crippen molar-refractivity contribution in [2.24, 2.45) is 11.3 Å². The predicted molar refractivity (Wildman–Crippen MR) is 90.4 cm³/mol. The summed E-state index contributed by atoms with van der Waals surface area (Å²) < 4.78 is 38.4. The molecule has 3 N–H and O–H groups in total. The number of halogens is 3. The van der Waals surface area contributed by atoms with Crippen molar-refractivity contribution in [2.75, 3.05) is 17.2 Å². The van der Waals surface area contributed by atoms with Crippen molar-refractivity contribution >= 4 is 11.9 Å². The van der Waals surface area contributed by atoms with Gasteiger partial charge in [-0.05, 0) is 51.4 Å². The van der Waals surface area contributed by atoms with Gasteiger partial charge in [0.15, 0.2) is 0 Å². The first-order valence-electron chi connectivity index (χ1n) is 8.71. The van der Waals surface area contributed by atoms with Gasteiger partial charge in [0.25, 0.3) is 0 Å². The van der Waals surface area contributed by atoms with E-state index in [0.29, 0.717) is 5.92 Å². The largest absolute Gasteiger partial charge is 0.408 e. The van der Waals surface area contributed by atoms with Crippen molar-refractivity contribution in [3.8, 4) is 11.8 Å². The summed E-state index contributed by atoms with van der Waals surface area (Å²) in [5.74, 6) is 6.35. The maximum Gasteiger partial charge on any atom is 0.408 e. The van der Waals surface area contributed by atoms with Crippen molar-refractivity contribution in [2.45, 2.75) is 57.8 Å². The zero-order chi connectivity index (χ0) is 18.9. The summed E-state index contributed by atoms with van der Waals surface area (Å²) in [7, 11) is 0. The van der Waals surface area contributed by atoms with Crippen molar-refractivity contribution in [3.05, 3.63) is 5.82 Å². The molecule has 142 valence electrons. The van der Waals surface area contributed by atoms with Gasteiger partial charge in [-0.15, -0.1) is 0 Å². The molecule has 1 aromatic rings. The van der Waals surface area contributed by atoms with Crippen LogP contribution in [0.5, 0.6) is 0 Å². The van der Waals surface area contributed by atoms with Crippen LogP contribution in [-0.2, 0) is 0 Å². The normalized spacial score (nSPS) is 20.5. The van der Waals surface area contributed by atoms with E-state index in [4.69, 9.17) is 0 Å². The van der Waals surface area contributed by atoms with E-state index < -0.39 is 17.6 Å². The molecule has 0 amide bonds. The molecule has 2 aliphatic carbocycles. The molecule has 3 rings (SSSR count). The quantitative estimate of drug-likeness (QED) is 0.669. The van der Waals surface area contributed by atoms with Crippen LogP contribution in [0.15, 0.2) is 0 Å². The van der Waals surface area contributed by atoms with Crippen LogP contribution in [0.1, 0.15) is 45.4 Å². The van der Waals surface area contributed by atoms with Crippen LogP contribution in [0.25, 0.3) is 0 Å². The molecule has 0 aliphatic heterocycles. The third kappa shape index (κ3) is 4.75. The Hall–Kier alpha value is -2.08. The molecule has 2 aliphatic rings. The van der Waals surface area contributed by atoms with E-state index in [2.05, 4.69) is 37.4 Å². The highest BCUT2D eigenvalue weighted by Gasteiger charge is 2.40. The molecule has 9 heteroatoms. The van der Waals surface area contributed by atoms with E-state index in [0.717, 1.165) is 32.6 Å². The van der Waals surface area contributed by atoms with Crippen LogP contribution in [0.4, 0.5) is 25.1 Å². The second kappa shape index (κ2) is 6.91. The van der Waals surface area contributed by atoms with Crippen LogP contribution < -0.4 is 10.6 Å². The third-order valence-electron chi connectivity index (χ3n) is 4.75. The smallest absolute Gasteiger partial charge is 0.395 e. The number of hydrogen-bond donors (Lipinski definition) is 3. The highest BCUT2D eigenvalue weighted by molar-refractivity contribution is 5.41. The highest BCUT2D eigenvalue weighted by atomic mass is 19.4. The van der Waals surface area contributed by atoms with Crippen molar-refractivity contribution < 1.29 is 18.3 Å². The van der Waals surface area contributed by atoms with Gasteiger partial charge in [0.2, 0.25) is 17.7 Å². The van der Waals surface area contributed by atoms with Crippen LogP contribution >= 0.6 is 0 Å². The van der Waals surface area contributed by atoms with Gasteiger partial charge in [0.1, 0.15) is 6.04 Å². The second-order valence-corrected chi connectivity index (χ2v) is 7.17. The van der Waals surface area contributed by atoms with Gasteiger partial charge in [0, 0.05) is 6.04 Å².